The van der Waals surface area contributed by atoms with E-state index in [0.29, 0.717) is 23.1 Å². The highest BCUT2D eigenvalue weighted by molar-refractivity contribution is 7.71. The molecule has 0 amide bonds. The van der Waals surface area contributed by atoms with Crippen LogP contribution < -0.4 is 4.74 Å². The van der Waals surface area contributed by atoms with E-state index in [2.05, 4.69) is 33.4 Å². The second-order valence-electron chi connectivity index (χ2n) is 8.87. The van der Waals surface area contributed by atoms with Gasteiger partial charge in [0, 0.05) is 48.0 Å². The largest absolute Gasteiger partial charge is 0.489 e. The first kappa shape index (κ1) is 24.7. The smallest absolute Gasteiger partial charge is 0.204 e. The van der Waals surface area contributed by atoms with Gasteiger partial charge >= 0.3 is 0 Å². The van der Waals surface area contributed by atoms with E-state index in [-0.39, 0.29) is 0 Å². The van der Waals surface area contributed by atoms with Gasteiger partial charge in [-0.1, -0.05) is 54.9 Å². The maximum atomic E-state index is 6.26. The standard InChI is InChI=1S/C28H30ClN5OS/c1-2-31-16-18-32(19-17-31)21-33-28(36)34(24-9-4-3-5-10-24)27(30-33)22-12-14-25(15-13-22)35-20-23-8-6-7-11-26(23)29/h3-15H,2,16-21H2,1H3. The Morgan fingerprint density at radius 1 is 0.861 bits per heavy atom. The lowest BCUT2D eigenvalue weighted by Gasteiger charge is -2.33. The van der Waals surface area contributed by atoms with Gasteiger partial charge in [0.05, 0.1) is 6.67 Å². The van der Waals surface area contributed by atoms with Crippen molar-refractivity contribution >= 4 is 23.8 Å². The third kappa shape index (κ3) is 5.55. The number of hydrogen-bond acceptors (Lipinski definition) is 5. The molecular formula is C28H30ClN5OS. The maximum Gasteiger partial charge on any atom is 0.204 e. The summed E-state index contributed by atoms with van der Waals surface area (Å²) in [5.74, 6) is 1.59. The van der Waals surface area contributed by atoms with Crippen molar-refractivity contribution in [3.05, 3.63) is 94.2 Å². The highest BCUT2D eigenvalue weighted by Gasteiger charge is 2.19. The summed E-state index contributed by atoms with van der Waals surface area (Å²) in [6.45, 7) is 8.59. The van der Waals surface area contributed by atoms with Gasteiger partial charge in [0.15, 0.2) is 5.82 Å². The molecule has 1 aliphatic rings. The molecular weight excluding hydrogens is 490 g/mol. The summed E-state index contributed by atoms with van der Waals surface area (Å²) in [6, 6.07) is 25.9. The lowest BCUT2D eigenvalue weighted by Crippen LogP contribution is -2.46. The van der Waals surface area contributed by atoms with Crippen LogP contribution in [-0.4, -0.2) is 56.9 Å². The van der Waals surface area contributed by atoms with Gasteiger partial charge < -0.3 is 9.64 Å². The van der Waals surface area contributed by atoms with Gasteiger partial charge in [-0.05, 0) is 61.2 Å². The molecule has 1 saturated heterocycles. The van der Waals surface area contributed by atoms with Crippen LogP contribution in [0.15, 0.2) is 78.9 Å². The summed E-state index contributed by atoms with van der Waals surface area (Å²) < 4.78 is 10.7. The minimum absolute atomic E-state index is 0.416. The van der Waals surface area contributed by atoms with Gasteiger partial charge in [0.25, 0.3) is 0 Å². The number of nitrogens with zero attached hydrogens (tertiary/aromatic N) is 5. The van der Waals surface area contributed by atoms with Gasteiger partial charge in [0.2, 0.25) is 4.77 Å². The van der Waals surface area contributed by atoms with Crippen molar-refractivity contribution in [2.75, 3.05) is 32.7 Å². The summed E-state index contributed by atoms with van der Waals surface area (Å²) in [7, 11) is 0. The Morgan fingerprint density at radius 3 is 2.22 bits per heavy atom. The molecule has 3 aromatic carbocycles. The van der Waals surface area contributed by atoms with Crippen molar-refractivity contribution in [2.45, 2.75) is 20.2 Å². The molecule has 1 aromatic heterocycles. The van der Waals surface area contributed by atoms with Crippen LogP contribution in [-0.2, 0) is 13.3 Å². The van der Waals surface area contributed by atoms with Crippen molar-refractivity contribution in [3.63, 3.8) is 0 Å². The van der Waals surface area contributed by atoms with E-state index in [0.717, 1.165) is 61.1 Å². The second kappa shape index (κ2) is 11.4. The Bertz CT molecular complexity index is 1340. The fourth-order valence-electron chi connectivity index (χ4n) is 4.41. The van der Waals surface area contributed by atoms with E-state index in [1.807, 2.05) is 71.4 Å². The number of ether oxygens (including phenoxy) is 1. The summed E-state index contributed by atoms with van der Waals surface area (Å²) in [5.41, 5.74) is 2.93. The molecule has 5 rings (SSSR count). The topological polar surface area (TPSA) is 38.5 Å². The zero-order valence-corrected chi connectivity index (χ0v) is 22.0. The van der Waals surface area contributed by atoms with E-state index in [1.165, 1.54) is 0 Å². The number of halogens is 1. The quantitative estimate of drug-likeness (QED) is 0.271. The molecule has 0 spiro atoms. The number of aromatic nitrogens is 3. The van der Waals surface area contributed by atoms with E-state index < -0.39 is 0 Å². The molecule has 1 aliphatic heterocycles. The molecule has 0 atom stereocenters. The molecule has 0 unspecified atom stereocenters. The van der Waals surface area contributed by atoms with Crippen LogP contribution in [0.5, 0.6) is 5.75 Å². The number of rotatable bonds is 8. The van der Waals surface area contributed by atoms with Crippen LogP contribution in [0.3, 0.4) is 0 Å². The maximum absolute atomic E-state index is 6.26. The number of piperazine rings is 1. The highest BCUT2D eigenvalue weighted by atomic mass is 35.5. The van der Waals surface area contributed by atoms with Crippen LogP contribution in [0.4, 0.5) is 0 Å². The summed E-state index contributed by atoms with van der Waals surface area (Å²) in [5, 5.41) is 5.69. The van der Waals surface area contributed by atoms with Crippen LogP contribution in [0, 0.1) is 4.77 Å². The predicted molar refractivity (Wildman–Crippen MR) is 147 cm³/mol. The Balaban J connectivity index is 1.40. The molecule has 0 N–H and O–H groups in total. The predicted octanol–water partition coefficient (Wildman–Crippen LogP) is 5.90. The highest BCUT2D eigenvalue weighted by Crippen LogP contribution is 2.26. The average Bonchev–Trinajstić information content (AvgIpc) is 3.25. The first-order valence-electron chi connectivity index (χ1n) is 12.3. The lowest BCUT2D eigenvalue weighted by molar-refractivity contribution is 0.106. The first-order chi connectivity index (χ1) is 17.6. The molecule has 186 valence electrons. The third-order valence-electron chi connectivity index (χ3n) is 6.56. The fraction of sp³-hybridized carbons (Fsp3) is 0.286. The van der Waals surface area contributed by atoms with Crippen molar-refractivity contribution < 1.29 is 4.74 Å². The average molecular weight is 520 g/mol. The zero-order valence-electron chi connectivity index (χ0n) is 20.4. The Morgan fingerprint density at radius 2 is 1.53 bits per heavy atom. The Kier molecular flexibility index (Phi) is 7.82. The van der Waals surface area contributed by atoms with Gasteiger partial charge in [-0.2, -0.15) is 0 Å². The molecule has 1 fully saturated rings. The van der Waals surface area contributed by atoms with Crippen molar-refractivity contribution in [1.82, 2.24) is 24.1 Å². The Labute approximate surface area is 222 Å². The van der Waals surface area contributed by atoms with E-state index in [9.17, 15) is 0 Å². The van der Waals surface area contributed by atoms with E-state index in [1.54, 1.807) is 0 Å². The number of benzene rings is 3. The first-order valence-corrected chi connectivity index (χ1v) is 13.1. The zero-order chi connectivity index (χ0) is 24.9. The SMILES string of the molecule is CCN1CCN(Cn2nc(-c3ccc(OCc4ccccc4Cl)cc3)n(-c3ccccc3)c2=S)CC1. The Hall–Kier alpha value is -2.97. The van der Waals surface area contributed by atoms with Crippen LogP contribution >= 0.6 is 23.8 Å². The van der Waals surface area contributed by atoms with Crippen molar-refractivity contribution in [3.8, 4) is 22.8 Å². The summed E-state index contributed by atoms with van der Waals surface area (Å²) in [4.78, 5) is 4.89. The molecule has 36 heavy (non-hydrogen) atoms. The number of para-hydroxylation sites is 1. The molecule has 2 heterocycles. The third-order valence-corrected chi connectivity index (χ3v) is 7.33. The number of likely N-dealkylation sites (N-methyl/N-ethyl adjacent to an activating group) is 1. The van der Waals surface area contributed by atoms with Crippen LogP contribution in [0.25, 0.3) is 17.1 Å². The van der Waals surface area contributed by atoms with E-state index >= 15 is 0 Å². The lowest BCUT2D eigenvalue weighted by atomic mass is 10.2. The molecule has 6 nitrogen and oxygen atoms in total. The van der Waals surface area contributed by atoms with Crippen LogP contribution in [0.1, 0.15) is 12.5 Å². The fourth-order valence-corrected chi connectivity index (χ4v) is 4.89. The number of hydrogen-bond donors (Lipinski definition) is 0. The molecule has 0 bridgehead atoms. The van der Waals surface area contributed by atoms with Gasteiger partial charge in [-0.25, -0.2) is 4.68 Å². The molecule has 4 aromatic rings. The van der Waals surface area contributed by atoms with Gasteiger partial charge in [0.1, 0.15) is 12.4 Å². The monoisotopic (exact) mass is 519 g/mol. The van der Waals surface area contributed by atoms with E-state index in [4.69, 9.17) is 33.7 Å². The normalized spacial score (nSPS) is 14.7. The molecule has 0 aliphatic carbocycles. The van der Waals surface area contributed by atoms with Gasteiger partial charge in [-0.15, -0.1) is 5.10 Å². The minimum atomic E-state index is 0.416. The summed E-state index contributed by atoms with van der Waals surface area (Å²) >= 11 is 12.2. The summed E-state index contributed by atoms with van der Waals surface area (Å²) in [6.07, 6.45) is 0. The minimum Gasteiger partial charge on any atom is -0.489 e. The van der Waals surface area contributed by atoms with Crippen molar-refractivity contribution in [1.29, 1.82) is 0 Å². The molecule has 8 heteroatoms. The second-order valence-corrected chi connectivity index (χ2v) is 9.65. The van der Waals surface area contributed by atoms with Crippen LogP contribution in [0.2, 0.25) is 5.02 Å². The molecule has 0 saturated carbocycles. The molecule has 0 radical (unpaired) electrons. The van der Waals surface area contributed by atoms with Gasteiger partial charge in [-0.3, -0.25) is 9.47 Å². The van der Waals surface area contributed by atoms with Crippen molar-refractivity contribution in [2.24, 2.45) is 0 Å².